The molecule has 2 N–H and O–H groups in total. The molecule has 5 rings (SSSR count). The van der Waals surface area contributed by atoms with Crippen LogP contribution >= 0.6 is 0 Å². The Hall–Kier alpha value is -4.01. The molecule has 4 aromatic rings. The summed E-state index contributed by atoms with van der Waals surface area (Å²) in [5.41, 5.74) is 1.77. The molecular formula is C25H20F3N3O3. The number of imidazole rings is 1. The number of rotatable bonds is 6. The van der Waals surface area contributed by atoms with Crippen molar-refractivity contribution >= 4 is 28.4 Å². The minimum Gasteiger partial charge on any atom is -0.478 e. The lowest BCUT2D eigenvalue weighted by atomic mass is 10.0. The molecule has 34 heavy (non-hydrogen) atoms. The largest absolute Gasteiger partial charge is 0.478 e. The minimum atomic E-state index is -4.60. The molecular weight excluding hydrogens is 447 g/mol. The summed E-state index contributed by atoms with van der Waals surface area (Å²) >= 11 is 0. The number of benzene rings is 3. The van der Waals surface area contributed by atoms with Crippen LogP contribution in [0.4, 0.5) is 24.5 Å². The molecule has 1 fully saturated rings. The molecule has 1 aliphatic rings. The fourth-order valence-electron chi connectivity index (χ4n) is 4.17. The predicted molar refractivity (Wildman–Crippen MR) is 122 cm³/mol. The van der Waals surface area contributed by atoms with Gasteiger partial charge < -0.3 is 10.4 Å². The molecule has 6 nitrogen and oxygen atoms in total. The number of aromatic carboxylic acids is 1. The van der Waals surface area contributed by atoms with Crippen molar-refractivity contribution in [1.29, 1.82) is 0 Å². The highest BCUT2D eigenvalue weighted by molar-refractivity contribution is 5.96. The van der Waals surface area contributed by atoms with E-state index in [2.05, 4.69) is 5.32 Å². The Labute approximate surface area is 191 Å². The molecule has 1 aromatic heterocycles. The van der Waals surface area contributed by atoms with E-state index in [9.17, 15) is 27.9 Å². The zero-order valence-corrected chi connectivity index (χ0v) is 17.8. The number of aromatic nitrogens is 2. The zero-order chi connectivity index (χ0) is 24.0. The van der Waals surface area contributed by atoms with Crippen LogP contribution in [0.5, 0.6) is 0 Å². The standard InChI is InChI=1S/C25H20F3N3O3/c26-25(27,28)14-30-22-13-17(9-11-21(22)31(24(30)34)18-4-2-1-3-5-18)29-20-10-8-16(15-6-7-15)12-19(20)23(32)33/h1-5,8-13,15,29H,6-7,14H2,(H,32,33). The summed E-state index contributed by atoms with van der Waals surface area (Å²) in [6.07, 6.45) is -2.55. The van der Waals surface area contributed by atoms with Gasteiger partial charge in [-0.05, 0) is 66.8 Å². The van der Waals surface area contributed by atoms with Gasteiger partial charge in [-0.15, -0.1) is 0 Å². The number of carboxylic acid groups (broad SMARTS) is 1. The molecule has 1 saturated carbocycles. The molecule has 0 aliphatic heterocycles. The van der Waals surface area contributed by atoms with Crippen LogP contribution in [0, 0.1) is 0 Å². The molecule has 0 amide bonds. The van der Waals surface area contributed by atoms with E-state index in [0.717, 1.165) is 18.4 Å². The molecule has 0 spiro atoms. The third-order valence-corrected chi connectivity index (χ3v) is 5.88. The van der Waals surface area contributed by atoms with Crippen molar-refractivity contribution in [3.8, 4) is 5.69 Å². The summed E-state index contributed by atoms with van der Waals surface area (Å²) in [4.78, 5) is 24.8. The third kappa shape index (κ3) is 4.16. The second-order valence-corrected chi connectivity index (χ2v) is 8.37. The number of halogens is 3. The van der Waals surface area contributed by atoms with Gasteiger partial charge >= 0.3 is 17.8 Å². The first kappa shape index (κ1) is 21.8. The molecule has 3 aromatic carbocycles. The Kier molecular flexibility index (Phi) is 5.19. The van der Waals surface area contributed by atoms with E-state index in [0.29, 0.717) is 33.1 Å². The molecule has 0 unspecified atom stereocenters. The zero-order valence-electron chi connectivity index (χ0n) is 17.8. The fourth-order valence-corrected chi connectivity index (χ4v) is 4.17. The van der Waals surface area contributed by atoms with Gasteiger partial charge in [0.05, 0.1) is 28.0 Å². The highest BCUT2D eigenvalue weighted by Crippen LogP contribution is 2.41. The van der Waals surface area contributed by atoms with E-state index in [1.165, 1.54) is 10.6 Å². The first-order valence-corrected chi connectivity index (χ1v) is 10.7. The predicted octanol–water partition coefficient (Wildman–Crippen LogP) is 5.67. The van der Waals surface area contributed by atoms with Gasteiger partial charge in [0.25, 0.3) is 0 Å². The Morgan fingerprint density at radius 2 is 1.74 bits per heavy atom. The molecule has 0 atom stereocenters. The number of alkyl halides is 3. The quantitative estimate of drug-likeness (QED) is 0.383. The fraction of sp³-hybridized carbons (Fsp3) is 0.200. The van der Waals surface area contributed by atoms with Gasteiger partial charge in [0.1, 0.15) is 6.54 Å². The van der Waals surface area contributed by atoms with Crippen LogP contribution in [0.25, 0.3) is 16.7 Å². The van der Waals surface area contributed by atoms with E-state index >= 15 is 0 Å². The van der Waals surface area contributed by atoms with Gasteiger partial charge in [0, 0.05) is 5.69 Å². The number of hydrogen-bond acceptors (Lipinski definition) is 3. The van der Waals surface area contributed by atoms with Gasteiger partial charge in [-0.25, -0.2) is 9.59 Å². The smallest absolute Gasteiger partial charge is 0.406 e. The SMILES string of the molecule is O=C(O)c1cc(C2CC2)ccc1Nc1ccc2c(c1)n(CC(F)(F)F)c(=O)n2-c1ccccc1. The summed E-state index contributed by atoms with van der Waals surface area (Å²) < 4.78 is 41.8. The number of nitrogens with zero attached hydrogens (tertiary/aromatic N) is 2. The first-order chi connectivity index (χ1) is 16.2. The maximum Gasteiger partial charge on any atom is 0.406 e. The van der Waals surface area contributed by atoms with Crippen molar-refractivity contribution in [1.82, 2.24) is 9.13 Å². The van der Waals surface area contributed by atoms with Gasteiger partial charge in [-0.1, -0.05) is 24.3 Å². The molecule has 0 radical (unpaired) electrons. The maximum atomic E-state index is 13.3. The van der Waals surface area contributed by atoms with Crippen LogP contribution < -0.4 is 11.0 Å². The van der Waals surface area contributed by atoms with Crippen LogP contribution in [-0.4, -0.2) is 26.4 Å². The molecule has 1 heterocycles. The normalized spacial score (nSPS) is 13.9. The van der Waals surface area contributed by atoms with E-state index in [4.69, 9.17) is 0 Å². The second kappa shape index (κ2) is 8.09. The van der Waals surface area contributed by atoms with Crippen molar-refractivity contribution in [2.75, 3.05) is 5.32 Å². The van der Waals surface area contributed by atoms with Crippen LogP contribution in [-0.2, 0) is 6.54 Å². The third-order valence-electron chi connectivity index (χ3n) is 5.88. The van der Waals surface area contributed by atoms with Crippen LogP contribution in [0.1, 0.15) is 34.7 Å². The summed E-state index contributed by atoms with van der Waals surface area (Å²) in [6, 6.07) is 18.2. The Balaban J connectivity index is 1.61. The molecule has 0 saturated heterocycles. The number of carboxylic acids is 1. The molecule has 9 heteroatoms. The van der Waals surface area contributed by atoms with Crippen molar-refractivity contribution in [2.24, 2.45) is 0 Å². The number of nitrogens with one attached hydrogen (secondary N) is 1. The Bertz CT molecular complexity index is 1450. The highest BCUT2D eigenvalue weighted by atomic mass is 19.4. The van der Waals surface area contributed by atoms with Crippen molar-refractivity contribution in [3.05, 3.63) is 88.3 Å². The number of hydrogen-bond donors (Lipinski definition) is 2. The summed E-state index contributed by atoms with van der Waals surface area (Å²) in [5.74, 6) is -0.728. The lowest BCUT2D eigenvalue weighted by Gasteiger charge is -2.12. The van der Waals surface area contributed by atoms with Gasteiger partial charge in [0.2, 0.25) is 0 Å². The van der Waals surface area contributed by atoms with Crippen molar-refractivity contribution in [3.63, 3.8) is 0 Å². The average Bonchev–Trinajstić information content (AvgIpc) is 3.60. The van der Waals surface area contributed by atoms with Gasteiger partial charge in [-0.3, -0.25) is 9.13 Å². The summed E-state index contributed by atoms with van der Waals surface area (Å²) in [6.45, 7) is -1.44. The second-order valence-electron chi connectivity index (χ2n) is 8.37. The summed E-state index contributed by atoms with van der Waals surface area (Å²) in [5, 5.41) is 12.7. The lowest BCUT2D eigenvalue weighted by Crippen LogP contribution is -2.29. The van der Waals surface area contributed by atoms with E-state index in [-0.39, 0.29) is 11.1 Å². The van der Waals surface area contributed by atoms with Gasteiger partial charge in [0.15, 0.2) is 0 Å². The number of fused-ring (bicyclic) bond motifs is 1. The molecule has 0 bridgehead atoms. The highest BCUT2D eigenvalue weighted by Gasteiger charge is 2.31. The number of anilines is 2. The number of carbonyl (C=O) groups is 1. The first-order valence-electron chi connectivity index (χ1n) is 10.7. The monoisotopic (exact) mass is 467 g/mol. The molecule has 1 aliphatic carbocycles. The summed E-state index contributed by atoms with van der Waals surface area (Å²) in [7, 11) is 0. The Morgan fingerprint density at radius 3 is 2.38 bits per heavy atom. The minimum absolute atomic E-state index is 0.0824. The van der Waals surface area contributed by atoms with Crippen LogP contribution in [0.15, 0.2) is 71.5 Å². The number of para-hydroxylation sites is 1. The van der Waals surface area contributed by atoms with Crippen LogP contribution in [0.3, 0.4) is 0 Å². The van der Waals surface area contributed by atoms with E-state index < -0.39 is 24.4 Å². The van der Waals surface area contributed by atoms with Crippen molar-refractivity contribution in [2.45, 2.75) is 31.5 Å². The van der Waals surface area contributed by atoms with E-state index in [1.54, 1.807) is 54.6 Å². The average molecular weight is 467 g/mol. The van der Waals surface area contributed by atoms with Crippen molar-refractivity contribution < 1.29 is 23.1 Å². The topological polar surface area (TPSA) is 76.3 Å². The lowest BCUT2D eigenvalue weighted by molar-refractivity contribution is -0.140. The van der Waals surface area contributed by atoms with Crippen LogP contribution in [0.2, 0.25) is 0 Å². The Morgan fingerprint density at radius 1 is 1.00 bits per heavy atom. The maximum absolute atomic E-state index is 13.3. The molecule has 174 valence electrons. The van der Waals surface area contributed by atoms with Gasteiger partial charge in [-0.2, -0.15) is 13.2 Å². The van der Waals surface area contributed by atoms with E-state index in [1.807, 2.05) is 6.07 Å².